The van der Waals surface area contributed by atoms with Crippen molar-refractivity contribution in [2.45, 2.75) is 18.9 Å². The van der Waals surface area contributed by atoms with E-state index in [0.29, 0.717) is 11.5 Å². The second-order valence-corrected chi connectivity index (χ2v) is 5.14. The van der Waals surface area contributed by atoms with Gasteiger partial charge in [0.1, 0.15) is 6.10 Å². The third-order valence-corrected chi connectivity index (χ3v) is 3.49. The predicted molar refractivity (Wildman–Crippen MR) is 76.1 cm³/mol. The lowest BCUT2D eigenvalue weighted by molar-refractivity contribution is -0.131. The van der Waals surface area contributed by atoms with Gasteiger partial charge in [0.15, 0.2) is 11.5 Å². The van der Waals surface area contributed by atoms with Gasteiger partial charge in [0, 0.05) is 12.1 Å². The number of hydrogen-bond donors (Lipinski definition) is 1. The fourth-order valence-corrected chi connectivity index (χ4v) is 2.42. The zero-order chi connectivity index (χ0) is 15.4. The molecule has 0 bridgehead atoms. The van der Waals surface area contributed by atoms with Crippen LogP contribution in [0.15, 0.2) is 18.2 Å². The van der Waals surface area contributed by atoms with Crippen molar-refractivity contribution in [3.8, 4) is 11.5 Å². The number of methoxy groups -OCH3 is 1. The number of hydrogen-bond acceptors (Lipinski definition) is 5. The molecule has 0 aliphatic carbocycles. The van der Waals surface area contributed by atoms with Crippen molar-refractivity contribution in [2.24, 2.45) is 0 Å². The Balaban J connectivity index is 2.16. The lowest BCUT2D eigenvalue weighted by atomic mass is 10.1. The van der Waals surface area contributed by atoms with Crippen molar-refractivity contribution in [2.75, 3.05) is 27.2 Å². The Morgan fingerprint density at radius 1 is 1.33 bits per heavy atom. The summed E-state index contributed by atoms with van der Waals surface area (Å²) in [4.78, 5) is 24.4. The molecule has 1 heterocycles. The average Bonchev–Trinajstić information content (AvgIpc) is 2.46. The third-order valence-electron chi connectivity index (χ3n) is 3.49. The van der Waals surface area contributed by atoms with Crippen LogP contribution in [0, 0.1) is 0 Å². The van der Waals surface area contributed by atoms with Gasteiger partial charge in [0.25, 0.3) is 5.78 Å². The summed E-state index contributed by atoms with van der Waals surface area (Å²) in [6.45, 7) is 1.89. The molecule has 1 saturated heterocycles. The largest absolute Gasteiger partial charge is 0.493 e. The second kappa shape index (κ2) is 6.58. The van der Waals surface area contributed by atoms with Crippen molar-refractivity contribution in [3.05, 3.63) is 23.8 Å². The molecule has 1 unspecified atom stereocenters. The summed E-state index contributed by atoms with van der Waals surface area (Å²) < 4.78 is 11.1. The van der Waals surface area contributed by atoms with Gasteiger partial charge < -0.3 is 19.5 Å². The van der Waals surface area contributed by atoms with E-state index in [0.717, 1.165) is 25.9 Å². The molecule has 1 aromatic rings. The molecule has 1 atom stereocenters. The summed E-state index contributed by atoms with van der Waals surface area (Å²) in [6, 6.07) is 4.43. The number of piperidine rings is 1. The van der Waals surface area contributed by atoms with Gasteiger partial charge in [0.2, 0.25) is 0 Å². The van der Waals surface area contributed by atoms with Crippen molar-refractivity contribution >= 4 is 11.8 Å². The predicted octanol–water partition coefficient (Wildman–Crippen LogP) is 1.44. The molecule has 2 rings (SSSR count). The minimum atomic E-state index is -1.49. The Bertz CT molecular complexity index is 543. The monoisotopic (exact) mass is 293 g/mol. The zero-order valence-electron chi connectivity index (χ0n) is 12.2. The normalized spacial score (nSPS) is 19.0. The van der Waals surface area contributed by atoms with Gasteiger partial charge in [0.05, 0.1) is 7.11 Å². The Kier molecular flexibility index (Phi) is 4.80. The van der Waals surface area contributed by atoms with Gasteiger partial charge in [-0.05, 0) is 44.6 Å². The number of carbonyl (C=O) groups excluding carboxylic acids is 1. The van der Waals surface area contributed by atoms with Crippen LogP contribution >= 0.6 is 0 Å². The number of ether oxygens (including phenoxy) is 2. The highest BCUT2D eigenvalue weighted by Gasteiger charge is 2.21. The SMILES string of the molecule is COc1cc(C(=O)C(=O)O)ccc1OC1CCCN(C)C1. The summed E-state index contributed by atoms with van der Waals surface area (Å²) in [6.07, 6.45) is 2.10. The highest BCUT2D eigenvalue weighted by molar-refractivity contribution is 6.39. The van der Waals surface area contributed by atoms with Crippen LogP contribution in [-0.2, 0) is 4.79 Å². The maximum absolute atomic E-state index is 11.5. The molecule has 1 aliphatic rings. The highest BCUT2D eigenvalue weighted by atomic mass is 16.5. The number of ketones is 1. The van der Waals surface area contributed by atoms with Crippen molar-refractivity contribution < 1.29 is 24.2 Å². The molecule has 0 radical (unpaired) electrons. The van der Waals surface area contributed by atoms with Crippen LogP contribution < -0.4 is 9.47 Å². The van der Waals surface area contributed by atoms with Crippen LogP contribution in [0.2, 0.25) is 0 Å². The molecule has 0 saturated carbocycles. The van der Waals surface area contributed by atoms with E-state index >= 15 is 0 Å². The molecule has 6 nitrogen and oxygen atoms in total. The molecule has 114 valence electrons. The summed E-state index contributed by atoms with van der Waals surface area (Å²) in [7, 11) is 3.51. The van der Waals surface area contributed by atoms with E-state index in [2.05, 4.69) is 4.90 Å². The molecule has 0 amide bonds. The first kappa shape index (κ1) is 15.3. The third kappa shape index (κ3) is 3.72. The Morgan fingerprint density at radius 2 is 2.10 bits per heavy atom. The highest BCUT2D eigenvalue weighted by Crippen LogP contribution is 2.30. The molecule has 0 spiro atoms. The van der Waals surface area contributed by atoms with Crippen LogP contribution in [-0.4, -0.2) is 55.1 Å². The van der Waals surface area contributed by atoms with Gasteiger partial charge in [-0.25, -0.2) is 4.79 Å². The number of rotatable bonds is 5. The topological polar surface area (TPSA) is 76.1 Å². The number of carboxylic acid groups (broad SMARTS) is 1. The molecule has 6 heteroatoms. The van der Waals surface area contributed by atoms with E-state index in [1.54, 1.807) is 6.07 Å². The van der Waals surface area contributed by atoms with Crippen LogP contribution in [0.25, 0.3) is 0 Å². The number of likely N-dealkylation sites (N-methyl/N-ethyl adjacent to an activating group) is 1. The van der Waals surface area contributed by atoms with Crippen molar-refractivity contribution in [1.82, 2.24) is 4.90 Å². The van der Waals surface area contributed by atoms with Gasteiger partial charge in [-0.3, -0.25) is 4.79 Å². The van der Waals surface area contributed by atoms with E-state index in [4.69, 9.17) is 14.6 Å². The minimum Gasteiger partial charge on any atom is -0.493 e. The van der Waals surface area contributed by atoms with Crippen LogP contribution in [0.3, 0.4) is 0 Å². The number of Topliss-reactive ketones (excluding diaryl/α,β-unsaturated/α-hetero) is 1. The fraction of sp³-hybridized carbons (Fsp3) is 0.467. The summed E-state index contributed by atoms with van der Waals surface area (Å²) in [5.74, 6) is -1.55. The molecular formula is C15H19NO5. The van der Waals surface area contributed by atoms with Gasteiger partial charge in [-0.2, -0.15) is 0 Å². The minimum absolute atomic E-state index is 0.0682. The number of aliphatic carboxylic acids is 1. The first-order chi connectivity index (χ1) is 10.0. The number of nitrogens with zero attached hydrogens (tertiary/aromatic N) is 1. The van der Waals surface area contributed by atoms with E-state index < -0.39 is 11.8 Å². The first-order valence-electron chi connectivity index (χ1n) is 6.82. The molecule has 1 N–H and O–H groups in total. The number of carbonyl (C=O) groups is 2. The molecule has 1 fully saturated rings. The molecule has 0 aromatic heterocycles. The molecule has 1 aromatic carbocycles. The van der Waals surface area contributed by atoms with E-state index in [-0.39, 0.29) is 11.7 Å². The zero-order valence-corrected chi connectivity index (χ0v) is 12.2. The van der Waals surface area contributed by atoms with E-state index in [1.165, 1.54) is 19.2 Å². The Hall–Kier alpha value is -2.08. The van der Waals surface area contributed by atoms with Crippen LogP contribution in [0.5, 0.6) is 11.5 Å². The van der Waals surface area contributed by atoms with E-state index in [9.17, 15) is 9.59 Å². The average molecular weight is 293 g/mol. The van der Waals surface area contributed by atoms with Crippen molar-refractivity contribution in [3.63, 3.8) is 0 Å². The van der Waals surface area contributed by atoms with Gasteiger partial charge in [-0.1, -0.05) is 0 Å². The molecule has 21 heavy (non-hydrogen) atoms. The Labute approximate surface area is 123 Å². The summed E-state index contributed by atoms with van der Waals surface area (Å²) >= 11 is 0. The number of benzene rings is 1. The van der Waals surface area contributed by atoms with Crippen molar-refractivity contribution in [1.29, 1.82) is 0 Å². The van der Waals surface area contributed by atoms with Gasteiger partial charge in [-0.15, -0.1) is 0 Å². The quantitative estimate of drug-likeness (QED) is 0.654. The molecular weight excluding hydrogens is 274 g/mol. The van der Waals surface area contributed by atoms with Crippen LogP contribution in [0.1, 0.15) is 23.2 Å². The summed E-state index contributed by atoms with van der Waals surface area (Å²) in [5, 5.41) is 8.73. The van der Waals surface area contributed by atoms with Crippen LogP contribution in [0.4, 0.5) is 0 Å². The maximum Gasteiger partial charge on any atom is 0.377 e. The first-order valence-corrected chi connectivity index (χ1v) is 6.82. The lowest BCUT2D eigenvalue weighted by Gasteiger charge is -2.30. The van der Waals surface area contributed by atoms with E-state index in [1.807, 2.05) is 7.05 Å². The summed E-state index contributed by atoms with van der Waals surface area (Å²) in [5.41, 5.74) is 0.0764. The number of carboxylic acids is 1. The molecule has 1 aliphatic heterocycles. The van der Waals surface area contributed by atoms with Gasteiger partial charge >= 0.3 is 5.97 Å². The number of likely N-dealkylation sites (tertiary alicyclic amines) is 1. The maximum atomic E-state index is 11.5. The lowest BCUT2D eigenvalue weighted by Crippen LogP contribution is -2.38. The fourth-order valence-electron chi connectivity index (χ4n) is 2.42. The standard InChI is InChI=1S/C15H19NO5/c1-16-7-3-4-11(9-16)21-12-6-5-10(8-13(12)20-2)14(17)15(18)19/h5-6,8,11H,3-4,7,9H2,1-2H3,(H,18,19). The second-order valence-electron chi connectivity index (χ2n) is 5.14. The Morgan fingerprint density at radius 3 is 2.71 bits per heavy atom. The smallest absolute Gasteiger partial charge is 0.377 e.